The first-order valence-electron chi connectivity index (χ1n) is 5.25. The van der Waals surface area contributed by atoms with E-state index in [1.54, 1.807) is 0 Å². The second-order valence-electron chi connectivity index (χ2n) is 3.89. The zero-order valence-electron chi connectivity index (χ0n) is 8.82. The van der Waals surface area contributed by atoms with Crippen molar-refractivity contribution in [2.45, 2.75) is 51.4 Å². The second-order valence-corrected chi connectivity index (χ2v) is 3.89. The highest BCUT2D eigenvalue weighted by molar-refractivity contribution is 5.76. The fourth-order valence-electron chi connectivity index (χ4n) is 1.64. The number of ether oxygens (including phenoxy) is 1. The average molecular weight is 201 g/mol. The third-order valence-corrected chi connectivity index (χ3v) is 2.40. The maximum atomic E-state index is 11.5. The molecule has 0 radical (unpaired) electrons. The Balaban J connectivity index is 2.27. The minimum atomic E-state index is -0.408. The van der Waals surface area contributed by atoms with Gasteiger partial charge in [0, 0.05) is 13.0 Å². The Hall–Kier alpha value is -0.610. The summed E-state index contributed by atoms with van der Waals surface area (Å²) < 4.78 is 5.21. The van der Waals surface area contributed by atoms with Gasteiger partial charge in [0.15, 0.2) is 0 Å². The molecule has 0 aromatic carbocycles. The van der Waals surface area contributed by atoms with Crippen molar-refractivity contribution in [2.24, 2.45) is 0 Å². The van der Waals surface area contributed by atoms with E-state index in [4.69, 9.17) is 4.74 Å². The smallest absolute Gasteiger partial charge is 0.323 e. The Morgan fingerprint density at radius 3 is 2.93 bits per heavy atom. The molecule has 1 rings (SSSR count). The van der Waals surface area contributed by atoms with E-state index in [1.165, 1.54) is 0 Å². The molecule has 0 amide bonds. The Bertz CT molecular complexity index is 196. The van der Waals surface area contributed by atoms with Crippen molar-refractivity contribution in [3.8, 4) is 0 Å². The van der Waals surface area contributed by atoms with Crippen LogP contribution in [0.5, 0.6) is 0 Å². The molecule has 0 aliphatic carbocycles. The molecule has 1 saturated heterocycles. The van der Waals surface area contributed by atoms with Gasteiger partial charge in [-0.25, -0.2) is 0 Å². The summed E-state index contributed by atoms with van der Waals surface area (Å²) in [6.45, 7) is 4.44. The molecule has 82 valence electrons. The van der Waals surface area contributed by atoms with Crippen LogP contribution in [0.1, 0.15) is 33.1 Å². The van der Waals surface area contributed by atoms with Gasteiger partial charge in [-0.15, -0.1) is 0 Å². The van der Waals surface area contributed by atoms with Crippen LogP contribution in [0.4, 0.5) is 0 Å². The first-order chi connectivity index (χ1) is 6.63. The van der Waals surface area contributed by atoms with E-state index in [0.717, 1.165) is 12.8 Å². The molecule has 1 aliphatic rings. The molecule has 4 nitrogen and oxygen atoms in total. The highest BCUT2D eigenvalue weighted by atomic mass is 16.5. The Morgan fingerprint density at radius 1 is 1.71 bits per heavy atom. The molecular formula is C10H19NO3. The quantitative estimate of drug-likeness (QED) is 0.648. The van der Waals surface area contributed by atoms with Gasteiger partial charge in [-0.2, -0.15) is 0 Å². The van der Waals surface area contributed by atoms with Crippen LogP contribution in [-0.4, -0.2) is 35.9 Å². The first kappa shape index (κ1) is 11.5. The van der Waals surface area contributed by atoms with Gasteiger partial charge in [0.2, 0.25) is 0 Å². The van der Waals surface area contributed by atoms with Gasteiger partial charge in [-0.3, -0.25) is 4.79 Å². The van der Waals surface area contributed by atoms with E-state index in [-0.39, 0.29) is 18.1 Å². The van der Waals surface area contributed by atoms with Crippen molar-refractivity contribution in [2.75, 3.05) is 6.54 Å². The van der Waals surface area contributed by atoms with E-state index >= 15 is 0 Å². The molecule has 0 aromatic rings. The largest absolute Gasteiger partial charge is 0.462 e. The first-order valence-corrected chi connectivity index (χ1v) is 5.25. The van der Waals surface area contributed by atoms with Gasteiger partial charge in [-0.1, -0.05) is 13.3 Å². The summed E-state index contributed by atoms with van der Waals surface area (Å²) in [4.78, 5) is 11.5. The van der Waals surface area contributed by atoms with Crippen LogP contribution in [0.3, 0.4) is 0 Å². The predicted molar refractivity (Wildman–Crippen MR) is 52.9 cm³/mol. The SMILES string of the molecule is CCCC(C)OC(=O)[C@H]1C[C@@H](O)CN1. The van der Waals surface area contributed by atoms with Crippen LogP contribution in [-0.2, 0) is 9.53 Å². The van der Waals surface area contributed by atoms with E-state index in [0.29, 0.717) is 13.0 Å². The van der Waals surface area contributed by atoms with Crippen molar-refractivity contribution in [1.82, 2.24) is 5.32 Å². The number of hydrogen-bond acceptors (Lipinski definition) is 4. The van der Waals surface area contributed by atoms with Crippen LogP contribution >= 0.6 is 0 Å². The monoisotopic (exact) mass is 201 g/mol. The summed E-state index contributed by atoms with van der Waals surface area (Å²) in [5, 5.41) is 12.1. The second kappa shape index (κ2) is 5.32. The predicted octanol–water partition coefficient (Wildman–Crippen LogP) is 0.441. The molecule has 14 heavy (non-hydrogen) atoms. The Labute approximate surface area is 84.6 Å². The van der Waals surface area contributed by atoms with Gasteiger partial charge in [0.1, 0.15) is 6.04 Å². The lowest BCUT2D eigenvalue weighted by molar-refractivity contribution is -0.150. The van der Waals surface area contributed by atoms with E-state index in [2.05, 4.69) is 12.2 Å². The van der Waals surface area contributed by atoms with Gasteiger partial charge >= 0.3 is 5.97 Å². The molecule has 1 fully saturated rings. The molecule has 0 bridgehead atoms. The number of nitrogens with one attached hydrogen (secondary N) is 1. The molecule has 1 aliphatic heterocycles. The fraction of sp³-hybridized carbons (Fsp3) is 0.900. The topological polar surface area (TPSA) is 58.6 Å². The van der Waals surface area contributed by atoms with E-state index in [1.807, 2.05) is 6.92 Å². The van der Waals surface area contributed by atoms with Crippen molar-refractivity contribution >= 4 is 5.97 Å². The third kappa shape index (κ3) is 3.27. The highest BCUT2D eigenvalue weighted by Gasteiger charge is 2.29. The molecule has 1 unspecified atom stereocenters. The summed E-state index contributed by atoms with van der Waals surface area (Å²) >= 11 is 0. The molecule has 0 spiro atoms. The van der Waals surface area contributed by atoms with Gasteiger partial charge in [0.25, 0.3) is 0 Å². The minimum Gasteiger partial charge on any atom is -0.462 e. The normalized spacial score (nSPS) is 28.8. The fourth-order valence-corrected chi connectivity index (χ4v) is 1.64. The average Bonchev–Trinajstić information content (AvgIpc) is 2.52. The number of β-amino-alcohol motifs (C(OH)–C–C–N with tert-alkyl or cyclic N) is 1. The van der Waals surface area contributed by atoms with Gasteiger partial charge in [0.05, 0.1) is 12.2 Å². The molecule has 3 atom stereocenters. The molecule has 1 heterocycles. The van der Waals surface area contributed by atoms with Crippen LogP contribution in [0.15, 0.2) is 0 Å². The minimum absolute atomic E-state index is 0.0213. The number of aliphatic hydroxyl groups is 1. The number of hydrogen-bond donors (Lipinski definition) is 2. The molecule has 0 saturated carbocycles. The lowest BCUT2D eigenvalue weighted by Crippen LogP contribution is -2.34. The third-order valence-electron chi connectivity index (χ3n) is 2.40. The molecular weight excluding hydrogens is 182 g/mol. The summed E-state index contributed by atoms with van der Waals surface area (Å²) in [7, 11) is 0. The Morgan fingerprint density at radius 2 is 2.43 bits per heavy atom. The van der Waals surface area contributed by atoms with Crippen LogP contribution < -0.4 is 5.32 Å². The maximum Gasteiger partial charge on any atom is 0.323 e. The summed E-state index contributed by atoms with van der Waals surface area (Å²) in [5.41, 5.74) is 0. The van der Waals surface area contributed by atoms with Crippen molar-refractivity contribution in [3.05, 3.63) is 0 Å². The lowest BCUT2D eigenvalue weighted by atomic mass is 10.2. The molecule has 2 N–H and O–H groups in total. The van der Waals surface area contributed by atoms with Crippen LogP contribution in [0, 0.1) is 0 Å². The van der Waals surface area contributed by atoms with E-state index in [9.17, 15) is 9.90 Å². The standard InChI is InChI=1S/C10H19NO3/c1-3-4-7(2)14-10(13)9-5-8(12)6-11-9/h7-9,11-12H,3-6H2,1-2H3/t7?,8-,9-/m1/s1. The zero-order chi connectivity index (χ0) is 10.6. The number of aliphatic hydroxyl groups excluding tert-OH is 1. The number of esters is 1. The number of rotatable bonds is 4. The lowest BCUT2D eigenvalue weighted by Gasteiger charge is -2.15. The number of carbonyl (C=O) groups is 1. The van der Waals surface area contributed by atoms with E-state index < -0.39 is 6.10 Å². The summed E-state index contributed by atoms with van der Waals surface area (Å²) in [6.07, 6.45) is 1.94. The zero-order valence-corrected chi connectivity index (χ0v) is 8.82. The van der Waals surface area contributed by atoms with Gasteiger partial charge < -0.3 is 15.2 Å². The maximum absolute atomic E-state index is 11.5. The molecule has 0 aromatic heterocycles. The highest BCUT2D eigenvalue weighted by Crippen LogP contribution is 2.10. The van der Waals surface area contributed by atoms with Crippen LogP contribution in [0.25, 0.3) is 0 Å². The van der Waals surface area contributed by atoms with Crippen LogP contribution in [0.2, 0.25) is 0 Å². The van der Waals surface area contributed by atoms with Crippen molar-refractivity contribution < 1.29 is 14.6 Å². The van der Waals surface area contributed by atoms with Crippen molar-refractivity contribution in [1.29, 1.82) is 0 Å². The number of carbonyl (C=O) groups excluding carboxylic acids is 1. The van der Waals surface area contributed by atoms with Gasteiger partial charge in [-0.05, 0) is 13.3 Å². The van der Waals surface area contributed by atoms with Crippen molar-refractivity contribution in [3.63, 3.8) is 0 Å². The Kier molecular flexibility index (Phi) is 4.35. The summed E-state index contributed by atoms with van der Waals surface area (Å²) in [6, 6.07) is -0.315. The molecule has 4 heteroatoms. The summed E-state index contributed by atoms with van der Waals surface area (Å²) in [5.74, 6) is -0.234.